The van der Waals surface area contributed by atoms with E-state index in [9.17, 15) is 0 Å². The van der Waals surface area contributed by atoms with Gasteiger partial charge < -0.3 is 9.64 Å². The van der Waals surface area contributed by atoms with Crippen LogP contribution in [0.3, 0.4) is 0 Å². The van der Waals surface area contributed by atoms with Gasteiger partial charge in [-0.05, 0) is 38.8 Å². The molecule has 3 heteroatoms. The third kappa shape index (κ3) is 1.24. The van der Waals surface area contributed by atoms with Crippen molar-refractivity contribution in [1.29, 1.82) is 0 Å². The Morgan fingerprint density at radius 2 is 2.15 bits per heavy atom. The Bertz CT molecular complexity index is 215. The van der Waals surface area contributed by atoms with Crippen LogP contribution in [0.25, 0.3) is 0 Å². The normalized spacial score (nSPS) is 54.7. The van der Waals surface area contributed by atoms with Crippen molar-refractivity contribution >= 4 is 11.8 Å². The van der Waals surface area contributed by atoms with Crippen molar-refractivity contribution < 1.29 is 4.74 Å². The van der Waals surface area contributed by atoms with Crippen molar-refractivity contribution in [2.24, 2.45) is 5.92 Å². The summed E-state index contributed by atoms with van der Waals surface area (Å²) < 4.78 is 6.14. The predicted octanol–water partition coefficient (Wildman–Crippen LogP) is 1.56. The van der Waals surface area contributed by atoms with E-state index in [-0.39, 0.29) is 5.60 Å². The molecule has 0 radical (unpaired) electrons. The summed E-state index contributed by atoms with van der Waals surface area (Å²) in [5.41, 5.74) is 0.682. The molecule has 4 heterocycles. The molecule has 0 N–H and O–H groups in total. The minimum absolute atomic E-state index is 0.251. The van der Waals surface area contributed by atoms with E-state index >= 15 is 0 Å². The largest absolute Gasteiger partial charge is 0.359 e. The third-order valence-electron chi connectivity index (χ3n) is 3.79. The number of hydrogen-bond donors (Lipinski definition) is 0. The summed E-state index contributed by atoms with van der Waals surface area (Å²) in [6, 6.07) is 0. The van der Waals surface area contributed by atoms with Crippen LogP contribution in [0, 0.1) is 5.92 Å². The van der Waals surface area contributed by atoms with E-state index in [1.807, 2.05) is 11.8 Å². The molecule has 4 aliphatic rings. The molecule has 0 aromatic carbocycles. The number of ether oxygens (including phenoxy) is 1. The molecule has 4 saturated heterocycles. The van der Waals surface area contributed by atoms with Gasteiger partial charge in [-0.2, -0.15) is 0 Å². The first-order chi connectivity index (χ1) is 6.28. The lowest BCUT2D eigenvalue weighted by Crippen LogP contribution is -2.60. The van der Waals surface area contributed by atoms with Crippen LogP contribution in [0.1, 0.15) is 19.8 Å². The monoisotopic (exact) mass is 199 g/mol. The molecule has 0 amide bonds. The summed E-state index contributed by atoms with van der Waals surface area (Å²) in [5, 5.41) is 0. The topological polar surface area (TPSA) is 12.5 Å². The predicted molar refractivity (Wildman–Crippen MR) is 54.9 cm³/mol. The molecule has 74 valence electrons. The van der Waals surface area contributed by atoms with E-state index in [0.717, 1.165) is 5.92 Å². The molecule has 4 rings (SSSR count). The van der Waals surface area contributed by atoms with Gasteiger partial charge in [0.2, 0.25) is 0 Å². The number of rotatable bonds is 0. The van der Waals surface area contributed by atoms with E-state index < -0.39 is 0 Å². The van der Waals surface area contributed by atoms with Gasteiger partial charge in [0.25, 0.3) is 0 Å². The minimum Gasteiger partial charge on any atom is -0.359 e. The zero-order chi connectivity index (χ0) is 8.89. The van der Waals surface area contributed by atoms with E-state index in [0.29, 0.717) is 5.44 Å². The number of fused-ring (bicyclic) bond motifs is 2. The van der Waals surface area contributed by atoms with Crippen LogP contribution >= 0.6 is 11.8 Å². The average Bonchev–Trinajstić information content (AvgIpc) is 2.49. The van der Waals surface area contributed by atoms with Crippen LogP contribution in [0.5, 0.6) is 0 Å². The Labute approximate surface area is 84.0 Å². The second-order valence-electron chi connectivity index (χ2n) is 4.61. The summed E-state index contributed by atoms with van der Waals surface area (Å²) in [4.78, 5) is 2.58. The summed E-state index contributed by atoms with van der Waals surface area (Å²) >= 11 is 1.99. The maximum absolute atomic E-state index is 6.14. The average molecular weight is 199 g/mol. The smallest absolute Gasteiger partial charge is 0.101 e. The van der Waals surface area contributed by atoms with Crippen LogP contribution in [-0.2, 0) is 4.74 Å². The van der Waals surface area contributed by atoms with Crippen LogP contribution in [0.2, 0.25) is 0 Å². The second-order valence-corrected chi connectivity index (χ2v) is 5.90. The highest BCUT2D eigenvalue weighted by atomic mass is 32.2. The Hall–Kier alpha value is 0.270. The standard InChI is InChI=1S/C10H17NOS/c1-8-12-10(7-13-8)6-11-4-2-9(10)3-5-11/h8-9H,2-7H2,1H3/t8-,10+/m0/s1. The summed E-state index contributed by atoms with van der Waals surface area (Å²) in [7, 11) is 0. The highest BCUT2D eigenvalue weighted by Crippen LogP contribution is 2.46. The van der Waals surface area contributed by atoms with E-state index in [1.54, 1.807) is 0 Å². The quantitative estimate of drug-likeness (QED) is 0.587. The van der Waals surface area contributed by atoms with Crippen molar-refractivity contribution in [2.45, 2.75) is 30.8 Å². The SMILES string of the molecule is C[C@H]1O[C@@]2(CS1)CN1CCC2CC1. The van der Waals surface area contributed by atoms with Gasteiger partial charge in [0.05, 0.1) is 5.60 Å². The molecule has 2 bridgehead atoms. The van der Waals surface area contributed by atoms with Gasteiger partial charge >= 0.3 is 0 Å². The van der Waals surface area contributed by atoms with Crippen LogP contribution in [0.15, 0.2) is 0 Å². The Morgan fingerprint density at radius 3 is 2.62 bits per heavy atom. The molecule has 0 aliphatic carbocycles. The van der Waals surface area contributed by atoms with Gasteiger partial charge in [0.1, 0.15) is 5.44 Å². The molecule has 2 nitrogen and oxygen atoms in total. The maximum atomic E-state index is 6.14. The third-order valence-corrected chi connectivity index (χ3v) is 5.01. The molecule has 0 aromatic heterocycles. The van der Waals surface area contributed by atoms with Gasteiger partial charge in [0.15, 0.2) is 0 Å². The van der Waals surface area contributed by atoms with Crippen molar-refractivity contribution in [3.8, 4) is 0 Å². The summed E-state index contributed by atoms with van der Waals surface area (Å²) in [6.07, 6.45) is 2.74. The number of hydrogen-bond acceptors (Lipinski definition) is 3. The molecular weight excluding hydrogens is 182 g/mol. The van der Waals surface area contributed by atoms with Crippen molar-refractivity contribution in [3.63, 3.8) is 0 Å². The highest BCUT2D eigenvalue weighted by Gasteiger charge is 2.51. The van der Waals surface area contributed by atoms with Gasteiger partial charge in [0, 0.05) is 12.3 Å². The van der Waals surface area contributed by atoms with E-state index in [2.05, 4.69) is 11.8 Å². The maximum Gasteiger partial charge on any atom is 0.101 e. The van der Waals surface area contributed by atoms with Gasteiger partial charge in [-0.25, -0.2) is 0 Å². The number of thioether (sulfide) groups is 1. The lowest BCUT2D eigenvalue weighted by atomic mass is 9.76. The fraction of sp³-hybridized carbons (Fsp3) is 1.00. The molecule has 13 heavy (non-hydrogen) atoms. The fourth-order valence-electron chi connectivity index (χ4n) is 3.08. The first-order valence-corrected chi connectivity index (χ1v) is 6.35. The molecule has 4 aliphatic heterocycles. The molecular formula is C10H17NOS. The number of nitrogens with zero attached hydrogens (tertiary/aromatic N) is 1. The Morgan fingerprint density at radius 1 is 1.38 bits per heavy atom. The van der Waals surface area contributed by atoms with Gasteiger partial charge in [-0.1, -0.05) is 0 Å². The second kappa shape index (κ2) is 2.88. The summed E-state index contributed by atoms with van der Waals surface area (Å²) in [5.74, 6) is 2.09. The van der Waals surface area contributed by atoms with Crippen LogP contribution < -0.4 is 0 Å². The highest BCUT2D eigenvalue weighted by molar-refractivity contribution is 8.00. The zero-order valence-corrected chi connectivity index (χ0v) is 8.98. The lowest BCUT2D eigenvalue weighted by Gasteiger charge is -2.50. The zero-order valence-electron chi connectivity index (χ0n) is 8.16. The Kier molecular flexibility index (Phi) is 1.90. The summed E-state index contributed by atoms with van der Waals surface area (Å²) in [6.45, 7) is 6.02. The Balaban J connectivity index is 1.83. The first kappa shape index (κ1) is 8.57. The molecule has 2 atom stereocenters. The molecule has 1 spiro atoms. The van der Waals surface area contributed by atoms with E-state index in [4.69, 9.17) is 4.74 Å². The molecule has 0 aromatic rings. The first-order valence-electron chi connectivity index (χ1n) is 5.30. The van der Waals surface area contributed by atoms with Crippen molar-refractivity contribution in [2.75, 3.05) is 25.4 Å². The van der Waals surface area contributed by atoms with Crippen LogP contribution in [-0.4, -0.2) is 41.3 Å². The lowest BCUT2D eigenvalue weighted by molar-refractivity contribution is -0.133. The molecule has 4 fully saturated rings. The molecule has 0 saturated carbocycles. The minimum atomic E-state index is 0.251. The fourth-order valence-corrected chi connectivity index (χ4v) is 4.25. The van der Waals surface area contributed by atoms with Crippen LogP contribution in [0.4, 0.5) is 0 Å². The number of piperidine rings is 3. The molecule has 0 unspecified atom stereocenters. The van der Waals surface area contributed by atoms with Gasteiger partial charge in [-0.15, -0.1) is 11.8 Å². The van der Waals surface area contributed by atoms with Crippen molar-refractivity contribution in [3.05, 3.63) is 0 Å². The van der Waals surface area contributed by atoms with E-state index in [1.165, 1.54) is 38.2 Å². The van der Waals surface area contributed by atoms with Gasteiger partial charge in [-0.3, -0.25) is 0 Å². The van der Waals surface area contributed by atoms with Crippen molar-refractivity contribution in [1.82, 2.24) is 4.90 Å².